The van der Waals surface area contributed by atoms with Crippen LogP contribution in [0.25, 0.3) is 6.08 Å². The summed E-state index contributed by atoms with van der Waals surface area (Å²) in [6.45, 7) is -0.144. The number of aromatic nitrogens is 2. The summed E-state index contributed by atoms with van der Waals surface area (Å²) in [4.78, 5) is 14.6. The van der Waals surface area contributed by atoms with Crippen molar-refractivity contribution in [2.45, 2.75) is 6.42 Å². The van der Waals surface area contributed by atoms with Gasteiger partial charge < -0.3 is 10.4 Å². The van der Waals surface area contributed by atoms with E-state index in [0.29, 0.717) is 17.4 Å². The predicted octanol–water partition coefficient (Wildman–Crippen LogP) is 2.29. The summed E-state index contributed by atoms with van der Waals surface area (Å²) in [5.74, 6) is -0.231. The van der Waals surface area contributed by atoms with E-state index in [4.69, 9.17) is 5.11 Å². The van der Waals surface area contributed by atoms with Crippen LogP contribution >= 0.6 is 11.5 Å². The first-order chi connectivity index (χ1) is 9.24. The zero-order chi connectivity index (χ0) is 13.5. The normalized spacial score (nSPS) is 10.7. The maximum Gasteiger partial charge on any atom is 0.322 e. The first-order valence-electron chi connectivity index (χ1n) is 5.74. The SMILES string of the molecule is O=C(O)CNc1nc(C/C=C/c2ccccc2)ns1. The molecule has 0 saturated heterocycles. The quantitative estimate of drug-likeness (QED) is 0.846. The van der Waals surface area contributed by atoms with Gasteiger partial charge in [0.25, 0.3) is 0 Å². The minimum absolute atomic E-state index is 0.144. The van der Waals surface area contributed by atoms with Gasteiger partial charge in [-0.3, -0.25) is 4.79 Å². The van der Waals surface area contributed by atoms with E-state index in [1.54, 1.807) is 0 Å². The monoisotopic (exact) mass is 275 g/mol. The Bertz CT molecular complexity index is 566. The van der Waals surface area contributed by atoms with Crippen LogP contribution in [0.2, 0.25) is 0 Å². The van der Waals surface area contributed by atoms with Gasteiger partial charge >= 0.3 is 5.97 Å². The van der Waals surface area contributed by atoms with Crippen LogP contribution in [0.15, 0.2) is 36.4 Å². The number of anilines is 1. The molecular weight excluding hydrogens is 262 g/mol. The number of rotatable bonds is 6. The van der Waals surface area contributed by atoms with Crippen molar-refractivity contribution in [1.29, 1.82) is 0 Å². The molecule has 0 bridgehead atoms. The van der Waals surface area contributed by atoms with Crippen molar-refractivity contribution in [1.82, 2.24) is 9.36 Å². The third-order valence-electron chi connectivity index (χ3n) is 2.27. The Morgan fingerprint density at radius 1 is 1.37 bits per heavy atom. The number of nitrogens with zero attached hydrogens (tertiary/aromatic N) is 2. The van der Waals surface area contributed by atoms with Crippen LogP contribution in [0.3, 0.4) is 0 Å². The summed E-state index contributed by atoms with van der Waals surface area (Å²) in [6.07, 6.45) is 4.61. The van der Waals surface area contributed by atoms with Crippen molar-refractivity contribution >= 4 is 28.7 Å². The van der Waals surface area contributed by atoms with Gasteiger partial charge in [0.15, 0.2) is 0 Å². The standard InChI is InChI=1S/C13H13N3O2S/c17-12(18)9-14-13-15-11(16-19-13)8-4-7-10-5-2-1-3-6-10/h1-7H,8-9H2,(H,17,18)(H,14,15,16)/b7-4+. The Balaban J connectivity index is 1.86. The average Bonchev–Trinajstić information content (AvgIpc) is 2.86. The van der Waals surface area contributed by atoms with E-state index in [1.165, 1.54) is 11.5 Å². The van der Waals surface area contributed by atoms with Crippen molar-refractivity contribution in [3.8, 4) is 0 Å². The molecule has 0 amide bonds. The number of aliphatic carboxylic acids is 1. The average molecular weight is 275 g/mol. The molecule has 0 spiro atoms. The second-order valence-electron chi connectivity index (χ2n) is 3.78. The van der Waals surface area contributed by atoms with Crippen LogP contribution in [0.1, 0.15) is 11.4 Å². The molecule has 0 atom stereocenters. The first-order valence-corrected chi connectivity index (χ1v) is 6.51. The van der Waals surface area contributed by atoms with E-state index in [2.05, 4.69) is 14.7 Å². The van der Waals surface area contributed by atoms with Gasteiger partial charge in [-0.25, -0.2) is 4.98 Å². The summed E-state index contributed by atoms with van der Waals surface area (Å²) in [5, 5.41) is 11.8. The summed E-state index contributed by atoms with van der Waals surface area (Å²) in [7, 11) is 0. The summed E-state index contributed by atoms with van der Waals surface area (Å²) in [6, 6.07) is 9.97. The van der Waals surface area contributed by atoms with Crippen LogP contribution in [-0.4, -0.2) is 27.0 Å². The van der Waals surface area contributed by atoms with Crippen molar-refractivity contribution in [2.24, 2.45) is 0 Å². The molecule has 0 aliphatic carbocycles. The van der Waals surface area contributed by atoms with Gasteiger partial charge in [0.05, 0.1) is 0 Å². The molecule has 6 heteroatoms. The molecule has 0 fully saturated rings. The lowest BCUT2D eigenvalue weighted by Gasteiger charge is -1.94. The van der Waals surface area contributed by atoms with Crippen molar-refractivity contribution in [3.05, 3.63) is 47.8 Å². The topological polar surface area (TPSA) is 75.1 Å². The molecule has 98 valence electrons. The van der Waals surface area contributed by atoms with Crippen LogP contribution in [0, 0.1) is 0 Å². The summed E-state index contributed by atoms with van der Waals surface area (Å²) in [5.41, 5.74) is 1.13. The van der Waals surface area contributed by atoms with Gasteiger partial charge in [-0.05, 0) is 5.56 Å². The lowest BCUT2D eigenvalue weighted by Crippen LogP contribution is -2.11. The molecule has 0 aliphatic heterocycles. The molecule has 0 aliphatic rings. The summed E-state index contributed by atoms with van der Waals surface area (Å²) >= 11 is 1.17. The predicted molar refractivity (Wildman–Crippen MR) is 75.2 cm³/mol. The minimum atomic E-state index is -0.916. The van der Waals surface area contributed by atoms with Crippen molar-refractivity contribution < 1.29 is 9.90 Å². The Hall–Kier alpha value is -2.21. The molecule has 2 N–H and O–H groups in total. The van der Waals surface area contributed by atoms with Crippen LogP contribution in [0.4, 0.5) is 5.13 Å². The molecule has 1 aromatic heterocycles. The Morgan fingerprint density at radius 2 is 2.16 bits per heavy atom. The zero-order valence-corrected chi connectivity index (χ0v) is 10.9. The lowest BCUT2D eigenvalue weighted by atomic mass is 10.2. The van der Waals surface area contributed by atoms with Crippen molar-refractivity contribution in [2.75, 3.05) is 11.9 Å². The highest BCUT2D eigenvalue weighted by atomic mass is 32.1. The fourth-order valence-corrected chi connectivity index (χ4v) is 2.01. The van der Waals surface area contributed by atoms with E-state index < -0.39 is 5.97 Å². The van der Waals surface area contributed by atoms with Gasteiger partial charge in [0.2, 0.25) is 5.13 Å². The van der Waals surface area contributed by atoms with Crippen LogP contribution in [0.5, 0.6) is 0 Å². The number of carbonyl (C=O) groups is 1. The third-order valence-corrected chi connectivity index (χ3v) is 2.98. The highest BCUT2D eigenvalue weighted by Gasteiger charge is 2.03. The first kappa shape index (κ1) is 13.2. The Labute approximate surface area is 114 Å². The number of carboxylic acids is 1. The minimum Gasteiger partial charge on any atom is -0.480 e. The molecule has 0 unspecified atom stereocenters. The van der Waals surface area contributed by atoms with E-state index in [1.807, 2.05) is 42.5 Å². The lowest BCUT2D eigenvalue weighted by molar-refractivity contribution is -0.134. The van der Waals surface area contributed by atoms with Gasteiger partial charge in [0.1, 0.15) is 12.4 Å². The number of nitrogens with one attached hydrogen (secondary N) is 1. The Morgan fingerprint density at radius 3 is 2.89 bits per heavy atom. The van der Waals surface area contributed by atoms with E-state index >= 15 is 0 Å². The van der Waals surface area contributed by atoms with Crippen molar-refractivity contribution in [3.63, 3.8) is 0 Å². The Kier molecular flexibility index (Phi) is 4.63. The van der Waals surface area contributed by atoms with Gasteiger partial charge in [-0.1, -0.05) is 42.5 Å². The molecule has 0 radical (unpaired) electrons. The molecule has 1 aromatic carbocycles. The second kappa shape index (κ2) is 6.65. The summed E-state index contributed by atoms with van der Waals surface area (Å²) < 4.78 is 4.15. The van der Waals surface area contributed by atoms with E-state index in [9.17, 15) is 4.79 Å². The molecule has 2 rings (SSSR count). The number of carboxylic acid groups (broad SMARTS) is 1. The van der Waals surface area contributed by atoms with Gasteiger partial charge in [0, 0.05) is 18.0 Å². The number of allylic oxidation sites excluding steroid dienone is 1. The van der Waals surface area contributed by atoms with E-state index in [-0.39, 0.29) is 6.54 Å². The van der Waals surface area contributed by atoms with Gasteiger partial charge in [-0.2, -0.15) is 4.37 Å². The highest BCUT2D eigenvalue weighted by molar-refractivity contribution is 7.09. The highest BCUT2D eigenvalue weighted by Crippen LogP contribution is 2.11. The molecule has 19 heavy (non-hydrogen) atoms. The third kappa shape index (κ3) is 4.51. The number of hydrogen-bond donors (Lipinski definition) is 2. The van der Waals surface area contributed by atoms with E-state index in [0.717, 1.165) is 5.56 Å². The molecule has 2 aromatic rings. The molecule has 5 nitrogen and oxygen atoms in total. The van der Waals surface area contributed by atoms with Crippen LogP contribution < -0.4 is 5.32 Å². The smallest absolute Gasteiger partial charge is 0.322 e. The fraction of sp³-hybridized carbons (Fsp3) is 0.154. The molecule has 0 saturated carbocycles. The van der Waals surface area contributed by atoms with Crippen LogP contribution in [-0.2, 0) is 11.2 Å². The zero-order valence-electron chi connectivity index (χ0n) is 10.1. The largest absolute Gasteiger partial charge is 0.480 e. The van der Waals surface area contributed by atoms with Gasteiger partial charge in [-0.15, -0.1) is 0 Å². The maximum absolute atomic E-state index is 10.4. The molecular formula is C13H13N3O2S. The second-order valence-corrected chi connectivity index (χ2v) is 4.53. The molecule has 1 heterocycles. The number of hydrogen-bond acceptors (Lipinski definition) is 5. The fourth-order valence-electron chi connectivity index (χ4n) is 1.42. The maximum atomic E-state index is 10.4. The number of benzene rings is 1.